The van der Waals surface area contributed by atoms with Crippen LogP contribution in [-0.2, 0) is 9.53 Å². The molecule has 1 atom stereocenters. The zero-order valence-corrected chi connectivity index (χ0v) is 11.2. The maximum atomic E-state index is 12.0. The van der Waals surface area contributed by atoms with Crippen LogP contribution in [0.1, 0.15) is 5.69 Å². The summed E-state index contributed by atoms with van der Waals surface area (Å²) in [5, 5.41) is 3.25. The summed E-state index contributed by atoms with van der Waals surface area (Å²) in [7, 11) is 1.96. The Morgan fingerprint density at radius 2 is 2.44 bits per heavy atom. The van der Waals surface area contributed by atoms with Crippen LogP contribution in [0.25, 0.3) is 0 Å². The maximum absolute atomic E-state index is 12.0. The minimum Gasteiger partial charge on any atom is -0.366 e. The number of hydrogen-bond donors (Lipinski definition) is 1. The smallest absolute Gasteiger partial charge is 0.254 e. The molecule has 0 unspecified atom stereocenters. The normalized spacial score (nSPS) is 20.7. The molecule has 0 aromatic carbocycles. The molecule has 18 heavy (non-hydrogen) atoms. The second-order valence-corrected chi connectivity index (χ2v) is 4.75. The second kappa shape index (κ2) is 5.65. The van der Waals surface area contributed by atoms with E-state index in [0.29, 0.717) is 29.6 Å². The van der Waals surface area contributed by atoms with Gasteiger partial charge in [0, 0.05) is 19.3 Å². The fourth-order valence-corrected chi connectivity index (χ4v) is 1.95. The highest BCUT2D eigenvalue weighted by molar-refractivity contribution is 6.34. The van der Waals surface area contributed by atoms with Gasteiger partial charge < -0.3 is 15.0 Å². The number of aryl methyl sites for hydroxylation is 1. The highest BCUT2D eigenvalue weighted by atomic mass is 35.5. The summed E-state index contributed by atoms with van der Waals surface area (Å²) in [5.41, 5.74) is 1.27. The van der Waals surface area contributed by atoms with Crippen LogP contribution >= 0.6 is 11.6 Å². The fraction of sp³-hybridized carbons (Fsp3) is 0.500. The van der Waals surface area contributed by atoms with E-state index in [4.69, 9.17) is 16.3 Å². The molecule has 1 aromatic rings. The van der Waals surface area contributed by atoms with Crippen molar-refractivity contribution in [2.24, 2.45) is 0 Å². The number of carbonyl (C=O) groups is 1. The predicted octanol–water partition coefficient (Wildman–Crippen LogP) is 1.31. The lowest BCUT2D eigenvalue weighted by molar-refractivity contribution is -0.132. The lowest BCUT2D eigenvalue weighted by atomic mass is 10.2. The zero-order chi connectivity index (χ0) is 13.1. The first-order valence-corrected chi connectivity index (χ1v) is 6.18. The molecule has 0 saturated carbocycles. The topological polar surface area (TPSA) is 54.5 Å². The fourth-order valence-electron chi connectivity index (χ4n) is 1.79. The molecule has 5 nitrogen and oxygen atoms in total. The van der Waals surface area contributed by atoms with Gasteiger partial charge in [-0.25, -0.2) is 0 Å². The summed E-state index contributed by atoms with van der Waals surface area (Å²) in [6.45, 7) is 3.80. The first-order valence-electron chi connectivity index (χ1n) is 5.80. The van der Waals surface area contributed by atoms with Crippen LogP contribution in [0.3, 0.4) is 0 Å². The van der Waals surface area contributed by atoms with Gasteiger partial charge in [0.2, 0.25) is 0 Å². The minimum absolute atomic E-state index is 0.172. The Morgan fingerprint density at radius 1 is 1.67 bits per heavy atom. The Morgan fingerprint density at radius 3 is 3.17 bits per heavy atom. The van der Waals surface area contributed by atoms with Gasteiger partial charge in [-0.15, -0.1) is 0 Å². The first-order chi connectivity index (χ1) is 8.58. The number of ether oxygens (including phenoxy) is 1. The van der Waals surface area contributed by atoms with Crippen molar-refractivity contribution in [1.82, 2.24) is 9.88 Å². The SMILES string of the molecule is Cc1nccc(NC(=O)[C@H]2CN(C)CCO2)c1Cl. The van der Waals surface area contributed by atoms with E-state index >= 15 is 0 Å². The van der Waals surface area contributed by atoms with E-state index < -0.39 is 6.10 Å². The highest BCUT2D eigenvalue weighted by Crippen LogP contribution is 2.23. The van der Waals surface area contributed by atoms with Crippen LogP contribution in [0.15, 0.2) is 12.3 Å². The van der Waals surface area contributed by atoms with Gasteiger partial charge in [0.15, 0.2) is 0 Å². The van der Waals surface area contributed by atoms with Crippen LogP contribution in [0, 0.1) is 6.92 Å². The zero-order valence-electron chi connectivity index (χ0n) is 10.4. The van der Waals surface area contributed by atoms with E-state index in [1.54, 1.807) is 19.2 Å². The van der Waals surface area contributed by atoms with Crippen molar-refractivity contribution in [3.8, 4) is 0 Å². The third-order valence-corrected chi connectivity index (χ3v) is 3.36. The lowest BCUT2D eigenvalue weighted by Crippen LogP contribution is -2.46. The molecule has 0 bridgehead atoms. The molecule has 0 aliphatic carbocycles. The standard InChI is InChI=1S/C12H16ClN3O2/c1-8-11(13)9(3-4-14-8)15-12(17)10-7-16(2)5-6-18-10/h3-4,10H,5-7H2,1-2H3,(H,14,15,17)/t10-/m1/s1. The van der Waals surface area contributed by atoms with Gasteiger partial charge >= 0.3 is 0 Å². The average molecular weight is 270 g/mol. The average Bonchev–Trinajstić information content (AvgIpc) is 2.35. The molecule has 1 N–H and O–H groups in total. The number of likely N-dealkylation sites (N-methyl/N-ethyl adjacent to an activating group) is 1. The molecule has 1 saturated heterocycles. The summed E-state index contributed by atoms with van der Waals surface area (Å²) in [4.78, 5) is 18.1. The molecule has 2 rings (SSSR count). The summed E-state index contributed by atoms with van der Waals surface area (Å²) >= 11 is 6.08. The highest BCUT2D eigenvalue weighted by Gasteiger charge is 2.25. The molecule has 0 radical (unpaired) electrons. The molecule has 2 heterocycles. The van der Waals surface area contributed by atoms with Crippen LogP contribution in [0.4, 0.5) is 5.69 Å². The van der Waals surface area contributed by atoms with Crippen LogP contribution in [0.2, 0.25) is 5.02 Å². The molecule has 6 heteroatoms. The number of morpholine rings is 1. The van der Waals surface area contributed by atoms with Gasteiger partial charge in [0.25, 0.3) is 5.91 Å². The van der Waals surface area contributed by atoms with Crippen molar-refractivity contribution in [1.29, 1.82) is 0 Å². The Labute approximate surface area is 111 Å². The molecule has 1 amide bonds. The number of nitrogens with zero attached hydrogens (tertiary/aromatic N) is 2. The Hall–Kier alpha value is -1.17. The molecular weight excluding hydrogens is 254 g/mol. The Bertz CT molecular complexity index is 453. The quantitative estimate of drug-likeness (QED) is 0.880. The summed E-state index contributed by atoms with van der Waals surface area (Å²) in [5.74, 6) is -0.172. The molecule has 1 aromatic heterocycles. The monoisotopic (exact) mass is 269 g/mol. The lowest BCUT2D eigenvalue weighted by Gasteiger charge is -2.29. The predicted molar refractivity (Wildman–Crippen MR) is 69.9 cm³/mol. The third-order valence-electron chi connectivity index (χ3n) is 2.88. The summed E-state index contributed by atoms with van der Waals surface area (Å²) in [6.07, 6.45) is 1.17. The van der Waals surface area contributed by atoms with E-state index in [-0.39, 0.29) is 5.91 Å². The molecular formula is C12H16ClN3O2. The van der Waals surface area contributed by atoms with Crippen LogP contribution in [0.5, 0.6) is 0 Å². The third kappa shape index (κ3) is 2.98. The number of halogens is 1. The van der Waals surface area contributed by atoms with Gasteiger partial charge in [-0.3, -0.25) is 9.78 Å². The van der Waals surface area contributed by atoms with E-state index in [1.807, 2.05) is 7.05 Å². The van der Waals surface area contributed by atoms with Gasteiger partial charge in [-0.05, 0) is 20.0 Å². The maximum Gasteiger partial charge on any atom is 0.254 e. The first kappa shape index (κ1) is 13.3. The van der Waals surface area contributed by atoms with Gasteiger partial charge in [-0.1, -0.05) is 11.6 Å². The number of nitrogens with one attached hydrogen (secondary N) is 1. The van der Waals surface area contributed by atoms with Gasteiger partial charge in [0.1, 0.15) is 6.10 Å². The second-order valence-electron chi connectivity index (χ2n) is 4.37. The number of amides is 1. The van der Waals surface area contributed by atoms with E-state index in [9.17, 15) is 4.79 Å². The van der Waals surface area contributed by atoms with Crippen molar-refractivity contribution in [2.45, 2.75) is 13.0 Å². The number of carbonyl (C=O) groups excluding carboxylic acids is 1. The molecule has 1 aliphatic rings. The van der Waals surface area contributed by atoms with Crippen molar-refractivity contribution in [2.75, 3.05) is 32.1 Å². The Kier molecular flexibility index (Phi) is 4.16. The van der Waals surface area contributed by atoms with E-state index in [0.717, 1.165) is 6.54 Å². The van der Waals surface area contributed by atoms with Gasteiger partial charge in [0.05, 0.1) is 23.0 Å². The largest absolute Gasteiger partial charge is 0.366 e. The van der Waals surface area contributed by atoms with Crippen molar-refractivity contribution < 1.29 is 9.53 Å². The minimum atomic E-state index is -0.451. The molecule has 0 spiro atoms. The van der Waals surface area contributed by atoms with Crippen molar-refractivity contribution in [3.05, 3.63) is 23.0 Å². The number of anilines is 1. The molecule has 98 valence electrons. The number of hydrogen-bond acceptors (Lipinski definition) is 4. The van der Waals surface area contributed by atoms with Crippen molar-refractivity contribution in [3.63, 3.8) is 0 Å². The van der Waals surface area contributed by atoms with Gasteiger partial charge in [-0.2, -0.15) is 0 Å². The van der Waals surface area contributed by atoms with Crippen LogP contribution in [-0.4, -0.2) is 48.6 Å². The molecule has 1 fully saturated rings. The number of pyridine rings is 1. The number of rotatable bonds is 2. The van der Waals surface area contributed by atoms with Crippen molar-refractivity contribution >= 4 is 23.2 Å². The molecule has 1 aliphatic heterocycles. The van der Waals surface area contributed by atoms with E-state index in [1.165, 1.54) is 0 Å². The summed E-state index contributed by atoms with van der Waals surface area (Å²) < 4.78 is 5.44. The Balaban J connectivity index is 2.04. The van der Waals surface area contributed by atoms with Crippen LogP contribution < -0.4 is 5.32 Å². The number of aromatic nitrogens is 1. The summed E-state index contributed by atoms with van der Waals surface area (Å²) in [6, 6.07) is 1.68. The van der Waals surface area contributed by atoms with E-state index in [2.05, 4.69) is 15.2 Å².